The fourth-order valence-electron chi connectivity index (χ4n) is 8.43. The molecule has 1 aromatic rings. The molecule has 0 saturated carbocycles. The third-order valence-electron chi connectivity index (χ3n) is 11.4. The number of allylic oxidation sites excluding steroid dienone is 2. The van der Waals surface area contributed by atoms with E-state index in [-0.39, 0.29) is 30.4 Å². The van der Waals surface area contributed by atoms with E-state index in [4.69, 9.17) is 28.5 Å². The van der Waals surface area contributed by atoms with Crippen LogP contribution in [0, 0.1) is 17.8 Å². The first kappa shape index (κ1) is 38.1. The maximum atomic E-state index is 14.1. The van der Waals surface area contributed by atoms with Crippen LogP contribution in [0.3, 0.4) is 0 Å². The molecule has 4 aliphatic heterocycles. The van der Waals surface area contributed by atoms with E-state index < -0.39 is 53.7 Å². The van der Waals surface area contributed by atoms with Crippen molar-refractivity contribution in [3.63, 3.8) is 0 Å². The van der Waals surface area contributed by atoms with Crippen molar-refractivity contribution in [3.8, 4) is 0 Å². The first-order valence-electron chi connectivity index (χ1n) is 18.6. The molecule has 0 radical (unpaired) electrons. The second-order valence-electron chi connectivity index (χ2n) is 15.1. The number of aliphatic hydroxyl groups excluding tert-OH is 1. The van der Waals surface area contributed by atoms with Crippen molar-refractivity contribution in [2.24, 2.45) is 22.9 Å². The molecule has 1 aliphatic carbocycles. The predicted octanol–water partition coefficient (Wildman–Crippen LogP) is 5.50. The zero-order valence-electron chi connectivity index (χ0n) is 31.0. The average molecular weight is 720 g/mol. The van der Waals surface area contributed by atoms with Crippen LogP contribution in [0.4, 0.5) is 0 Å². The number of carbonyl (C=O) groups excluding carboxylic acids is 2. The lowest BCUT2D eigenvalue weighted by Crippen LogP contribution is -2.58. The molecule has 2 bridgehead atoms. The maximum absolute atomic E-state index is 14.1. The molecule has 4 heterocycles. The lowest BCUT2D eigenvalue weighted by Gasteiger charge is -2.50. The highest BCUT2D eigenvalue weighted by atomic mass is 16.7. The molecule has 0 unspecified atom stereocenters. The van der Waals surface area contributed by atoms with Crippen LogP contribution in [0.15, 0.2) is 82.6 Å². The van der Waals surface area contributed by atoms with Gasteiger partial charge in [0.25, 0.3) is 0 Å². The Bertz CT molecular complexity index is 1630. The highest BCUT2D eigenvalue weighted by Gasteiger charge is 2.60. The van der Waals surface area contributed by atoms with Crippen LogP contribution >= 0.6 is 0 Å². The molecule has 11 atom stereocenters. The van der Waals surface area contributed by atoms with Crippen LogP contribution < -0.4 is 0 Å². The van der Waals surface area contributed by atoms with Crippen LogP contribution in [0.1, 0.15) is 78.7 Å². The monoisotopic (exact) mass is 719 g/mol. The summed E-state index contributed by atoms with van der Waals surface area (Å²) >= 11 is 0. The zero-order valence-corrected chi connectivity index (χ0v) is 31.0. The van der Waals surface area contributed by atoms with Gasteiger partial charge in [-0.3, -0.25) is 4.79 Å². The normalized spacial score (nSPS) is 41.0. The first-order valence-corrected chi connectivity index (χ1v) is 18.6. The van der Waals surface area contributed by atoms with E-state index in [2.05, 4.69) is 19.0 Å². The second kappa shape index (κ2) is 15.8. The van der Waals surface area contributed by atoms with Gasteiger partial charge < -0.3 is 38.7 Å². The molecular weight excluding hydrogens is 666 g/mol. The first-order chi connectivity index (χ1) is 24.9. The molecule has 282 valence electrons. The van der Waals surface area contributed by atoms with E-state index >= 15 is 0 Å². The van der Waals surface area contributed by atoms with E-state index in [0.717, 1.165) is 18.4 Å². The summed E-state index contributed by atoms with van der Waals surface area (Å²) in [7, 11) is 1.38. The van der Waals surface area contributed by atoms with Crippen molar-refractivity contribution in [1.82, 2.24) is 0 Å². The highest BCUT2D eigenvalue weighted by Crippen LogP contribution is 2.47. The van der Waals surface area contributed by atoms with Gasteiger partial charge in [-0.2, -0.15) is 0 Å². The van der Waals surface area contributed by atoms with Gasteiger partial charge in [0.1, 0.15) is 43.0 Å². The molecule has 3 saturated heterocycles. The number of esters is 2. The third kappa shape index (κ3) is 7.57. The summed E-state index contributed by atoms with van der Waals surface area (Å²) in [6.45, 7) is 9.88. The fourth-order valence-corrected chi connectivity index (χ4v) is 8.43. The summed E-state index contributed by atoms with van der Waals surface area (Å²) < 4.78 is 32.0. The Kier molecular flexibility index (Phi) is 11.6. The fraction of sp³-hybridized carbons (Fsp3) is 0.585. The van der Waals surface area contributed by atoms with Crippen LogP contribution in [-0.2, 0) is 38.1 Å². The zero-order chi connectivity index (χ0) is 37.2. The van der Waals surface area contributed by atoms with E-state index in [9.17, 15) is 19.8 Å². The van der Waals surface area contributed by atoms with Crippen molar-refractivity contribution >= 4 is 17.7 Å². The number of aliphatic hydroxyl groups is 2. The minimum absolute atomic E-state index is 0.00166. The SMILES string of the molecule is CC[C@H]1O[C@]2(CC[C@@H]1C)C[C@@H]1C[C@@H](C/C=C(\C)[C@H](OC(=O)/C(=N/OC)c3ccccc3)[C@@H](C)/C=C/C=C3\CO[C@@H]4[C@H](O)C(C)=C[C@@H](C(=O)O1)[C@]34O)O2. The summed E-state index contributed by atoms with van der Waals surface area (Å²) in [5.41, 5.74) is 0.535. The Balaban J connectivity index is 1.39. The van der Waals surface area contributed by atoms with Crippen LogP contribution in [0.25, 0.3) is 0 Å². The second-order valence-corrected chi connectivity index (χ2v) is 15.1. The smallest absolute Gasteiger partial charge is 0.361 e. The van der Waals surface area contributed by atoms with Crippen molar-refractivity contribution in [3.05, 3.63) is 83.0 Å². The van der Waals surface area contributed by atoms with Crippen LogP contribution in [-0.4, -0.2) is 89.6 Å². The van der Waals surface area contributed by atoms with Crippen LogP contribution in [0.2, 0.25) is 0 Å². The average Bonchev–Trinajstić information content (AvgIpc) is 3.47. The Morgan fingerprint density at radius 3 is 2.60 bits per heavy atom. The van der Waals surface area contributed by atoms with Gasteiger partial charge in [-0.25, -0.2) is 4.79 Å². The van der Waals surface area contributed by atoms with E-state index in [1.54, 1.807) is 37.3 Å². The van der Waals surface area contributed by atoms with Crippen LogP contribution in [0.5, 0.6) is 0 Å². The predicted molar refractivity (Wildman–Crippen MR) is 193 cm³/mol. The Morgan fingerprint density at radius 1 is 1.10 bits per heavy atom. The summed E-state index contributed by atoms with van der Waals surface area (Å²) in [6, 6.07) is 9.00. The molecule has 3 fully saturated rings. The van der Waals surface area contributed by atoms with E-state index in [1.165, 1.54) is 7.11 Å². The van der Waals surface area contributed by atoms with Gasteiger partial charge in [-0.05, 0) is 55.7 Å². The number of rotatable bonds is 5. The molecular formula is C41H53NO10. The minimum atomic E-state index is -1.84. The van der Waals surface area contributed by atoms with Crippen molar-refractivity contribution < 1.29 is 48.3 Å². The lowest BCUT2D eigenvalue weighted by molar-refractivity contribution is -0.335. The molecule has 1 spiro atoms. The van der Waals surface area contributed by atoms with Gasteiger partial charge in [0, 0.05) is 30.7 Å². The maximum Gasteiger partial charge on any atom is 0.361 e. The van der Waals surface area contributed by atoms with Gasteiger partial charge in [0.2, 0.25) is 0 Å². The number of fused-ring (bicyclic) bond motifs is 2. The third-order valence-corrected chi connectivity index (χ3v) is 11.4. The summed E-state index contributed by atoms with van der Waals surface area (Å²) in [5.74, 6) is -3.24. The van der Waals surface area contributed by atoms with Gasteiger partial charge in [0.05, 0.1) is 18.8 Å². The molecule has 0 aromatic heterocycles. The Morgan fingerprint density at radius 2 is 1.87 bits per heavy atom. The minimum Gasteiger partial charge on any atom is -0.462 e. The molecule has 6 rings (SSSR count). The molecule has 5 aliphatic rings. The number of ether oxygens (including phenoxy) is 5. The molecule has 11 nitrogen and oxygen atoms in total. The van der Waals surface area contributed by atoms with Crippen molar-refractivity contribution in [2.75, 3.05) is 13.7 Å². The number of hydrogen-bond donors (Lipinski definition) is 2. The number of hydrogen-bond acceptors (Lipinski definition) is 11. The van der Waals surface area contributed by atoms with Gasteiger partial charge in [-0.1, -0.05) is 86.6 Å². The molecule has 2 N–H and O–H groups in total. The van der Waals surface area contributed by atoms with Gasteiger partial charge >= 0.3 is 11.9 Å². The standard InChI is InChI=1S/C41H53NO10/c1-7-33-24(2)18-19-40(52-33)22-31-21-30(51-40)17-16-26(4)36(50-39(45)34(42-47-6)28-13-9-8-10-14-28)25(3)12-11-15-29-23-48-37-35(43)27(5)20-32(38(44)49-31)41(29,37)46/h8-16,20,24-25,30-33,35-37,43,46H,7,17-19,21-23H2,1-6H3/b12-11+,26-16+,29-15+,42-34+/t24-,25-,30+,31-,32-,33+,35+,36+,37+,40+,41+/m0/s1. The topological polar surface area (TPSA) is 142 Å². The molecule has 1 aromatic carbocycles. The van der Waals surface area contributed by atoms with Gasteiger partial charge in [0.15, 0.2) is 11.5 Å². The molecule has 0 amide bonds. The van der Waals surface area contributed by atoms with E-state index in [1.807, 2.05) is 44.2 Å². The molecule has 11 heteroatoms. The molecule has 52 heavy (non-hydrogen) atoms. The summed E-state index contributed by atoms with van der Waals surface area (Å²) in [4.78, 5) is 32.9. The Labute approximate surface area is 306 Å². The number of carbonyl (C=O) groups is 2. The number of benzene rings is 1. The quantitative estimate of drug-likeness (QED) is 0.174. The lowest BCUT2D eigenvalue weighted by atomic mass is 9.71. The Hall–Kier alpha value is -3.61. The highest BCUT2D eigenvalue weighted by molar-refractivity contribution is 6.43. The summed E-state index contributed by atoms with van der Waals surface area (Å²) in [5, 5.41) is 27.4. The van der Waals surface area contributed by atoms with Crippen molar-refractivity contribution in [2.45, 2.75) is 121 Å². The number of nitrogens with zero attached hydrogens (tertiary/aromatic N) is 1. The van der Waals surface area contributed by atoms with Gasteiger partial charge in [-0.15, -0.1) is 0 Å². The van der Waals surface area contributed by atoms with Crippen molar-refractivity contribution in [1.29, 1.82) is 0 Å². The van der Waals surface area contributed by atoms with E-state index in [0.29, 0.717) is 48.3 Å². The largest absolute Gasteiger partial charge is 0.462 e. The summed E-state index contributed by atoms with van der Waals surface area (Å²) in [6.07, 6.45) is 8.81. The number of oxime groups is 1.